The molecule has 1 fully saturated rings. The number of nitrogens with zero attached hydrogens (tertiary/aromatic N) is 3. The van der Waals surface area contributed by atoms with E-state index in [1.165, 1.54) is 29.2 Å². The number of aliphatic imine (C=N–C) groups is 2. The summed E-state index contributed by atoms with van der Waals surface area (Å²) in [7, 11) is 0. The van der Waals surface area contributed by atoms with Crippen LogP contribution in [0.15, 0.2) is 34.3 Å². The highest BCUT2D eigenvalue weighted by molar-refractivity contribution is 5.97. The van der Waals surface area contributed by atoms with Crippen LogP contribution < -0.4 is 61.0 Å². The summed E-state index contributed by atoms with van der Waals surface area (Å²) in [6, 6.07) is -2.41. The smallest absolute Gasteiger partial charge is 0.326 e. The standard InChI is InChI=1S/C41H70N14O9/c1-4-8-27(33(57)53-30(21-24-13-15-25(56)16-14-24)35(59)54-31(22-42)36(60)52-29(39(63)64)17-12-23(2)3)50-34(58)28(10-6-19-49-41(46)47)51-37(61)32-11-7-20-55(32)38(62)26(43)9-5-18-48-40(44)45/h13-16,23,26-32,56H,4-12,17-22,42-43H2,1-3H3,(H,50,58)(H,51,61)(H,52,60)(H,53,57)(H,54,59)(H,63,64)(H4,44,45,48)(H4,46,47,49)/t26-,27-,28-,29-,30-,31?,32-/m0/s1. The van der Waals surface area contributed by atoms with E-state index in [0.717, 1.165) is 0 Å². The summed E-state index contributed by atoms with van der Waals surface area (Å²) in [6.07, 6.45) is 2.84. The molecule has 1 saturated heterocycles. The predicted molar refractivity (Wildman–Crippen MR) is 240 cm³/mol. The predicted octanol–water partition coefficient (Wildman–Crippen LogP) is -2.94. The number of nitrogens with one attached hydrogen (secondary N) is 5. The van der Waals surface area contributed by atoms with Crippen LogP contribution in [0.1, 0.15) is 90.5 Å². The summed E-state index contributed by atoms with van der Waals surface area (Å²) in [6.45, 7) is 5.85. The van der Waals surface area contributed by atoms with Gasteiger partial charge in [-0.15, -0.1) is 0 Å². The molecule has 19 N–H and O–H groups in total. The molecule has 0 radical (unpaired) electrons. The molecule has 1 unspecified atom stereocenters. The van der Waals surface area contributed by atoms with Crippen LogP contribution in [0.4, 0.5) is 0 Å². The van der Waals surface area contributed by atoms with Crippen LogP contribution in [0.25, 0.3) is 0 Å². The second-order valence-electron chi connectivity index (χ2n) is 16.2. The molecule has 1 aromatic carbocycles. The summed E-state index contributed by atoms with van der Waals surface area (Å²) < 4.78 is 0. The Hall–Kier alpha value is -6.23. The van der Waals surface area contributed by atoms with Crippen LogP contribution in [0.2, 0.25) is 0 Å². The number of carboxylic acid groups (broad SMARTS) is 1. The number of aromatic hydroxyl groups is 1. The molecular formula is C41H70N14O9. The Balaban J connectivity index is 2.32. The van der Waals surface area contributed by atoms with E-state index in [1.54, 1.807) is 6.92 Å². The van der Waals surface area contributed by atoms with Crippen LogP contribution in [0, 0.1) is 5.92 Å². The first-order chi connectivity index (χ1) is 30.3. The van der Waals surface area contributed by atoms with Crippen LogP contribution in [0.3, 0.4) is 0 Å². The molecular weight excluding hydrogens is 833 g/mol. The van der Waals surface area contributed by atoms with Gasteiger partial charge in [-0.2, -0.15) is 0 Å². The molecule has 2 rings (SSSR count). The first-order valence-electron chi connectivity index (χ1n) is 21.7. The van der Waals surface area contributed by atoms with Crippen molar-refractivity contribution in [2.45, 2.75) is 134 Å². The third-order valence-electron chi connectivity index (χ3n) is 10.4. The molecule has 64 heavy (non-hydrogen) atoms. The monoisotopic (exact) mass is 903 g/mol. The second-order valence-corrected chi connectivity index (χ2v) is 16.2. The van der Waals surface area contributed by atoms with Gasteiger partial charge in [0.05, 0.1) is 6.04 Å². The van der Waals surface area contributed by atoms with E-state index in [0.29, 0.717) is 37.7 Å². The molecule has 1 aromatic rings. The fraction of sp³-hybridized carbons (Fsp3) is 0.634. The number of carboxylic acids is 1. The van der Waals surface area contributed by atoms with Gasteiger partial charge in [0, 0.05) is 32.6 Å². The van der Waals surface area contributed by atoms with Gasteiger partial charge in [0.15, 0.2) is 11.9 Å². The minimum atomic E-state index is -1.38. The zero-order chi connectivity index (χ0) is 47.9. The number of phenolic OH excluding ortho intramolecular Hbond substituents is 1. The Morgan fingerprint density at radius 2 is 1.23 bits per heavy atom. The Morgan fingerprint density at radius 1 is 0.719 bits per heavy atom. The quantitative estimate of drug-likeness (QED) is 0.0227. The number of carbonyl (C=O) groups excluding carboxylic acids is 6. The van der Waals surface area contributed by atoms with Gasteiger partial charge in [0.2, 0.25) is 35.4 Å². The van der Waals surface area contributed by atoms with Crippen LogP contribution >= 0.6 is 0 Å². The molecule has 0 aliphatic carbocycles. The van der Waals surface area contributed by atoms with Crippen molar-refractivity contribution in [1.82, 2.24) is 31.5 Å². The van der Waals surface area contributed by atoms with E-state index in [9.17, 15) is 43.8 Å². The molecule has 23 heteroatoms. The fourth-order valence-electron chi connectivity index (χ4n) is 6.91. The largest absolute Gasteiger partial charge is 0.508 e. The molecule has 1 aliphatic rings. The number of guanidine groups is 2. The second kappa shape index (κ2) is 27.7. The van der Waals surface area contributed by atoms with E-state index in [1.807, 2.05) is 13.8 Å². The van der Waals surface area contributed by atoms with Crippen molar-refractivity contribution in [3.8, 4) is 5.75 Å². The van der Waals surface area contributed by atoms with Gasteiger partial charge >= 0.3 is 5.97 Å². The molecule has 0 aromatic heterocycles. The molecule has 0 spiro atoms. The van der Waals surface area contributed by atoms with E-state index in [-0.39, 0.29) is 81.7 Å². The molecule has 0 bridgehead atoms. The summed E-state index contributed by atoms with van der Waals surface area (Å²) in [5.74, 6) is -5.60. The van der Waals surface area contributed by atoms with Gasteiger partial charge in [-0.25, -0.2) is 4.79 Å². The van der Waals surface area contributed by atoms with Crippen molar-refractivity contribution in [2.75, 3.05) is 26.2 Å². The highest BCUT2D eigenvalue weighted by Crippen LogP contribution is 2.20. The van der Waals surface area contributed by atoms with Crippen LogP contribution in [0.5, 0.6) is 5.75 Å². The van der Waals surface area contributed by atoms with E-state index >= 15 is 0 Å². The van der Waals surface area contributed by atoms with Crippen LogP contribution in [-0.4, -0.2) is 137 Å². The Kier molecular flexibility index (Phi) is 23.4. The number of phenols is 1. The number of rotatable bonds is 28. The average Bonchev–Trinajstić information content (AvgIpc) is 3.73. The van der Waals surface area contributed by atoms with E-state index < -0.39 is 90.3 Å². The highest BCUT2D eigenvalue weighted by Gasteiger charge is 2.38. The number of likely N-dealkylation sites (tertiary alicyclic amines) is 1. The number of benzene rings is 1. The maximum absolute atomic E-state index is 14.0. The summed E-state index contributed by atoms with van der Waals surface area (Å²) in [5.41, 5.74) is 34.3. The van der Waals surface area contributed by atoms with Gasteiger partial charge in [0.25, 0.3) is 0 Å². The fourth-order valence-corrected chi connectivity index (χ4v) is 6.91. The number of aliphatic carboxylic acids is 1. The van der Waals surface area contributed by atoms with Gasteiger partial charge in [-0.05, 0) is 81.4 Å². The third kappa shape index (κ3) is 19.0. The lowest BCUT2D eigenvalue weighted by atomic mass is 10.0. The minimum Gasteiger partial charge on any atom is -0.508 e. The van der Waals surface area contributed by atoms with Crippen molar-refractivity contribution in [3.63, 3.8) is 0 Å². The normalized spacial score (nSPS) is 16.2. The molecule has 1 heterocycles. The van der Waals surface area contributed by atoms with Crippen molar-refractivity contribution in [3.05, 3.63) is 29.8 Å². The SMILES string of the molecule is CCC[C@H](NC(=O)[C@H](CCCN=C(N)N)NC(=O)[C@@H]1CCCN1C(=O)[C@@H](N)CCCN=C(N)N)C(=O)N[C@@H](Cc1ccc(O)cc1)C(=O)NC(CN)C(=O)N[C@@H](CCC(C)C)C(=O)O. The van der Waals surface area contributed by atoms with Crippen molar-refractivity contribution >= 4 is 53.3 Å². The summed E-state index contributed by atoms with van der Waals surface area (Å²) >= 11 is 0. The Bertz CT molecular complexity index is 1770. The average molecular weight is 903 g/mol. The number of nitrogens with two attached hydrogens (primary N) is 6. The maximum Gasteiger partial charge on any atom is 0.326 e. The Labute approximate surface area is 373 Å². The van der Waals surface area contributed by atoms with Gasteiger partial charge in [-0.3, -0.25) is 38.8 Å². The molecule has 6 amide bonds. The molecule has 0 saturated carbocycles. The molecule has 358 valence electrons. The lowest BCUT2D eigenvalue weighted by Crippen LogP contribution is -2.60. The van der Waals surface area contributed by atoms with E-state index in [4.69, 9.17) is 34.4 Å². The van der Waals surface area contributed by atoms with Gasteiger partial charge < -0.3 is 76.1 Å². The number of hydrogen-bond donors (Lipinski definition) is 13. The molecule has 1 aliphatic heterocycles. The number of amides is 6. The number of carbonyl (C=O) groups is 7. The maximum atomic E-state index is 14.0. The van der Waals surface area contributed by atoms with Gasteiger partial charge in [-0.1, -0.05) is 39.3 Å². The lowest BCUT2D eigenvalue weighted by Gasteiger charge is -2.29. The zero-order valence-corrected chi connectivity index (χ0v) is 37.1. The first kappa shape index (κ1) is 53.9. The zero-order valence-electron chi connectivity index (χ0n) is 37.1. The lowest BCUT2D eigenvalue weighted by molar-refractivity contribution is -0.142. The van der Waals surface area contributed by atoms with Gasteiger partial charge in [0.1, 0.15) is 42.0 Å². The number of hydrogen-bond acceptors (Lipinski definition) is 12. The van der Waals surface area contributed by atoms with Crippen molar-refractivity contribution in [2.24, 2.45) is 50.3 Å². The highest BCUT2D eigenvalue weighted by atomic mass is 16.4. The van der Waals surface area contributed by atoms with Crippen LogP contribution in [-0.2, 0) is 40.0 Å². The van der Waals surface area contributed by atoms with Crippen molar-refractivity contribution in [1.29, 1.82) is 0 Å². The van der Waals surface area contributed by atoms with E-state index in [2.05, 4.69) is 36.6 Å². The van der Waals surface area contributed by atoms with Crippen molar-refractivity contribution < 1.29 is 43.8 Å². The third-order valence-corrected chi connectivity index (χ3v) is 10.4. The minimum absolute atomic E-state index is 0.0361. The topological polar surface area (TPSA) is 404 Å². The molecule has 23 nitrogen and oxygen atoms in total. The summed E-state index contributed by atoms with van der Waals surface area (Å²) in [4.78, 5) is 103. The molecule has 7 atom stereocenters. The first-order valence-corrected chi connectivity index (χ1v) is 21.7. The Morgan fingerprint density at radius 3 is 1.78 bits per heavy atom. The summed E-state index contributed by atoms with van der Waals surface area (Å²) in [5, 5.41) is 32.6.